The van der Waals surface area contributed by atoms with Crippen LogP contribution in [0.2, 0.25) is 0 Å². The van der Waals surface area contributed by atoms with Crippen LogP contribution in [0, 0.1) is 0 Å². The highest BCUT2D eigenvalue weighted by atomic mass is 16.4. The smallest absolute Gasteiger partial charge is 0.335 e. The summed E-state index contributed by atoms with van der Waals surface area (Å²) >= 11 is 0. The van der Waals surface area contributed by atoms with Gasteiger partial charge in [-0.15, -0.1) is 0 Å². The topological polar surface area (TPSA) is 98.3 Å². The number of aromatic nitrogens is 2. The summed E-state index contributed by atoms with van der Waals surface area (Å²) in [6.45, 7) is 0.379. The zero-order valence-corrected chi connectivity index (χ0v) is 10.8. The van der Waals surface area contributed by atoms with Crippen LogP contribution in [0.3, 0.4) is 0 Å². The summed E-state index contributed by atoms with van der Waals surface area (Å²) in [6, 6.07) is 6.13. The molecule has 2 amide bonds. The molecule has 1 aromatic carbocycles. The van der Waals surface area contributed by atoms with Crippen molar-refractivity contribution in [2.45, 2.75) is 6.54 Å². The first kappa shape index (κ1) is 13.6. The highest BCUT2D eigenvalue weighted by molar-refractivity contribution is 5.89. The Kier molecular flexibility index (Phi) is 3.99. The van der Waals surface area contributed by atoms with Gasteiger partial charge in [0, 0.05) is 19.8 Å². The molecule has 0 saturated carbocycles. The lowest BCUT2D eigenvalue weighted by molar-refractivity contribution is 0.0697. The minimum atomic E-state index is -0.970. The van der Waals surface area contributed by atoms with Crippen molar-refractivity contribution in [1.29, 1.82) is 0 Å². The first-order valence-electron chi connectivity index (χ1n) is 5.89. The third kappa shape index (κ3) is 3.35. The van der Waals surface area contributed by atoms with Crippen LogP contribution < -0.4 is 5.32 Å². The highest BCUT2D eigenvalue weighted by Crippen LogP contribution is 2.09. The molecule has 0 atom stereocenters. The number of amides is 2. The third-order valence-electron chi connectivity index (χ3n) is 2.72. The number of H-pyrrole nitrogens is 1. The number of benzene rings is 1. The number of hydrogen-bond acceptors (Lipinski definition) is 3. The van der Waals surface area contributed by atoms with Crippen molar-refractivity contribution < 1.29 is 14.7 Å². The van der Waals surface area contributed by atoms with E-state index >= 15 is 0 Å². The summed E-state index contributed by atoms with van der Waals surface area (Å²) in [5.74, 6) is -0.970. The number of hydrogen-bond donors (Lipinski definition) is 3. The molecule has 1 aromatic heterocycles. The van der Waals surface area contributed by atoms with Gasteiger partial charge >= 0.3 is 12.0 Å². The molecular formula is C13H14N4O3. The maximum Gasteiger partial charge on any atom is 0.335 e. The van der Waals surface area contributed by atoms with Crippen LogP contribution in [-0.4, -0.2) is 39.3 Å². The average molecular weight is 274 g/mol. The van der Waals surface area contributed by atoms with Crippen molar-refractivity contribution in [2.24, 2.45) is 0 Å². The molecule has 2 rings (SSSR count). The SMILES string of the molecule is CN(Cc1ccc(C(=O)O)cc1)C(=O)Nc1cn[nH]c1. The standard InChI is InChI=1S/C13H14N4O3/c1-17(13(20)16-11-6-14-15-7-11)8-9-2-4-10(5-3-9)12(18)19/h2-7H,8H2,1H3,(H,14,15)(H,16,20)(H,18,19). The van der Waals surface area contributed by atoms with Crippen LogP contribution in [0.1, 0.15) is 15.9 Å². The van der Waals surface area contributed by atoms with Crippen molar-refractivity contribution in [3.63, 3.8) is 0 Å². The monoisotopic (exact) mass is 274 g/mol. The van der Waals surface area contributed by atoms with Gasteiger partial charge in [-0.25, -0.2) is 9.59 Å². The number of aromatic carboxylic acids is 1. The number of anilines is 1. The Morgan fingerprint density at radius 3 is 2.60 bits per heavy atom. The fourth-order valence-corrected chi connectivity index (χ4v) is 1.64. The van der Waals surface area contributed by atoms with Gasteiger partial charge in [-0.3, -0.25) is 5.10 Å². The first-order chi connectivity index (χ1) is 9.56. The predicted molar refractivity (Wildman–Crippen MR) is 72.5 cm³/mol. The summed E-state index contributed by atoms with van der Waals surface area (Å²) in [6.07, 6.45) is 3.08. The van der Waals surface area contributed by atoms with E-state index < -0.39 is 5.97 Å². The third-order valence-corrected chi connectivity index (χ3v) is 2.72. The molecule has 7 heteroatoms. The van der Waals surface area contributed by atoms with E-state index in [2.05, 4.69) is 15.5 Å². The van der Waals surface area contributed by atoms with Crippen LogP contribution in [-0.2, 0) is 6.54 Å². The number of carbonyl (C=O) groups excluding carboxylic acids is 1. The van der Waals surface area contributed by atoms with Crippen molar-refractivity contribution in [2.75, 3.05) is 12.4 Å². The van der Waals surface area contributed by atoms with E-state index in [4.69, 9.17) is 5.11 Å². The Hall–Kier alpha value is -2.83. The quantitative estimate of drug-likeness (QED) is 0.791. The molecule has 0 unspecified atom stereocenters. The van der Waals surface area contributed by atoms with Gasteiger partial charge in [0.05, 0.1) is 17.4 Å². The normalized spacial score (nSPS) is 10.1. The molecule has 104 valence electrons. The second-order valence-electron chi connectivity index (χ2n) is 4.28. The Labute approximate surface area is 115 Å². The molecule has 0 spiro atoms. The zero-order valence-electron chi connectivity index (χ0n) is 10.8. The number of aromatic amines is 1. The van der Waals surface area contributed by atoms with Gasteiger partial charge < -0.3 is 15.3 Å². The van der Waals surface area contributed by atoms with Crippen molar-refractivity contribution in [3.05, 3.63) is 47.8 Å². The number of nitrogens with zero attached hydrogens (tertiary/aromatic N) is 2. The summed E-state index contributed by atoms with van der Waals surface area (Å²) in [7, 11) is 1.65. The first-order valence-corrected chi connectivity index (χ1v) is 5.89. The average Bonchev–Trinajstić information content (AvgIpc) is 2.92. The largest absolute Gasteiger partial charge is 0.478 e. The molecule has 20 heavy (non-hydrogen) atoms. The number of rotatable bonds is 4. The molecule has 0 fully saturated rings. The number of urea groups is 1. The molecule has 3 N–H and O–H groups in total. The van der Waals surface area contributed by atoms with Gasteiger partial charge in [0.25, 0.3) is 0 Å². The summed E-state index contributed by atoms with van der Waals surface area (Å²) < 4.78 is 0. The highest BCUT2D eigenvalue weighted by Gasteiger charge is 2.10. The number of carboxylic acids is 1. The molecule has 0 bridgehead atoms. The van der Waals surface area contributed by atoms with E-state index in [-0.39, 0.29) is 11.6 Å². The summed E-state index contributed by atoms with van der Waals surface area (Å²) in [4.78, 5) is 24.1. The predicted octanol–water partition coefficient (Wildman–Crippen LogP) is 1.77. The molecule has 0 saturated heterocycles. The Morgan fingerprint density at radius 1 is 1.35 bits per heavy atom. The maximum absolute atomic E-state index is 11.9. The second-order valence-corrected chi connectivity index (χ2v) is 4.28. The lowest BCUT2D eigenvalue weighted by Crippen LogP contribution is -2.30. The summed E-state index contributed by atoms with van der Waals surface area (Å²) in [5, 5.41) is 17.8. The number of carbonyl (C=O) groups is 2. The van der Waals surface area contributed by atoms with Crippen LogP contribution in [0.5, 0.6) is 0 Å². The van der Waals surface area contributed by atoms with Crippen molar-refractivity contribution >= 4 is 17.7 Å². The van der Waals surface area contributed by atoms with E-state index in [0.717, 1.165) is 5.56 Å². The lowest BCUT2D eigenvalue weighted by Gasteiger charge is -2.17. The summed E-state index contributed by atoms with van der Waals surface area (Å²) in [5.41, 5.74) is 1.65. The minimum absolute atomic E-state index is 0.222. The number of nitrogens with one attached hydrogen (secondary N) is 2. The molecule has 0 aliphatic carbocycles. The van der Waals surface area contributed by atoms with E-state index in [9.17, 15) is 9.59 Å². The molecular weight excluding hydrogens is 260 g/mol. The molecule has 1 heterocycles. The van der Waals surface area contributed by atoms with Gasteiger partial charge in [0.2, 0.25) is 0 Å². The molecule has 7 nitrogen and oxygen atoms in total. The molecule has 2 aromatic rings. The van der Waals surface area contributed by atoms with E-state index in [0.29, 0.717) is 12.2 Å². The van der Waals surface area contributed by atoms with Crippen LogP contribution in [0.25, 0.3) is 0 Å². The zero-order chi connectivity index (χ0) is 14.5. The second kappa shape index (κ2) is 5.87. The lowest BCUT2D eigenvalue weighted by atomic mass is 10.1. The molecule has 0 aliphatic heterocycles. The fraction of sp³-hybridized carbons (Fsp3) is 0.154. The van der Waals surface area contributed by atoms with Crippen LogP contribution >= 0.6 is 0 Å². The van der Waals surface area contributed by atoms with Gasteiger partial charge in [-0.2, -0.15) is 5.10 Å². The van der Waals surface area contributed by atoms with Crippen molar-refractivity contribution in [1.82, 2.24) is 15.1 Å². The fourth-order valence-electron chi connectivity index (χ4n) is 1.64. The van der Waals surface area contributed by atoms with Crippen molar-refractivity contribution in [3.8, 4) is 0 Å². The van der Waals surface area contributed by atoms with E-state index in [1.807, 2.05) is 0 Å². The molecule has 0 aliphatic rings. The molecule has 0 radical (unpaired) electrons. The van der Waals surface area contributed by atoms with Gasteiger partial charge in [-0.1, -0.05) is 12.1 Å². The Morgan fingerprint density at radius 2 is 2.05 bits per heavy atom. The Bertz CT molecular complexity index is 593. The van der Waals surface area contributed by atoms with Crippen LogP contribution in [0.4, 0.5) is 10.5 Å². The number of carboxylic acid groups (broad SMARTS) is 1. The Balaban J connectivity index is 1.95. The van der Waals surface area contributed by atoms with Gasteiger partial charge in [0.1, 0.15) is 0 Å². The van der Waals surface area contributed by atoms with Crippen LogP contribution in [0.15, 0.2) is 36.7 Å². The minimum Gasteiger partial charge on any atom is -0.478 e. The maximum atomic E-state index is 11.9. The van der Waals surface area contributed by atoms with Gasteiger partial charge in [0.15, 0.2) is 0 Å². The van der Waals surface area contributed by atoms with Gasteiger partial charge in [-0.05, 0) is 17.7 Å². The van der Waals surface area contributed by atoms with E-state index in [1.165, 1.54) is 23.2 Å². The van der Waals surface area contributed by atoms with E-state index in [1.54, 1.807) is 25.4 Å².